The summed E-state index contributed by atoms with van der Waals surface area (Å²) in [6.07, 6.45) is -0.00962. The topological polar surface area (TPSA) is 82.0 Å². The molecule has 0 bridgehead atoms. The summed E-state index contributed by atoms with van der Waals surface area (Å²) in [6, 6.07) is 8.13. The molecule has 0 aromatic heterocycles. The van der Waals surface area contributed by atoms with Crippen LogP contribution in [0, 0.1) is 5.82 Å². The molecule has 1 saturated heterocycles. The maximum Gasteiger partial charge on any atom is 0.238 e. The van der Waals surface area contributed by atoms with Gasteiger partial charge in [0.15, 0.2) is 10.9 Å². The molecule has 1 atom stereocenters. The number of amidine groups is 1. The van der Waals surface area contributed by atoms with E-state index in [9.17, 15) is 19.1 Å². The number of carbonyl (C=O) groups excluding carboxylic acids is 2. The number of anilines is 1. The zero-order valence-corrected chi connectivity index (χ0v) is 16.8. The Hall–Kier alpha value is -2.29. The number of aliphatic imine (C=N–C) groups is 1. The van der Waals surface area contributed by atoms with Crippen molar-refractivity contribution in [3.8, 4) is 5.75 Å². The summed E-state index contributed by atoms with van der Waals surface area (Å²) in [5, 5.41) is 11.9. The SMILES string of the molecule is CN1C(=O)CC(C(=O)Nc2ccc(F)cc2)SC1=Nc1cc(Cl)c(O)c(Cl)c1. The van der Waals surface area contributed by atoms with Crippen LogP contribution < -0.4 is 5.32 Å². The van der Waals surface area contributed by atoms with E-state index in [-0.39, 0.29) is 33.3 Å². The molecule has 1 heterocycles. The Kier molecular flexibility index (Phi) is 6.12. The predicted octanol–water partition coefficient (Wildman–Crippen LogP) is 4.43. The van der Waals surface area contributed by atoms with Crippen molar-refractivity contribution in [1.82, 2.24) is 4.90 Å². The second-order valence-corrected chi connectivity index (χ2v) is 7.90. The van der Waals surface area contributed by atoms with Crippen molar-refractivity contribution in [2.45, 2.75) is 11.7 Å². The molecule has 1 aliphatic heterocycles. The number of phenolic OH excluding ortho intramolecular Hbond substituents is 1. The number of rotatable bonds is 3. The van der Waals surface area contributed by atoms with Crippen LogP contribution in [0.3, 0.4) is 0 Å². The van der Waals surface area contributed by atoms with E-state index in [1.807, 2.05) is 0 Å². The normalized spacial score (nSPS) is 18.4. The third-order valence-corrected chi connectivity index (χ3v) is 5.72. The Labute approximate surface area is 174 Å². The number of nitrogens with one attached hydrogen (secondary N) is 1. The Balaban J connectivity index is 1.81. The number of nitrogens with zero attached hydrogens (tertiary/aromatic N) is 2. The lowest BCUT2D eigenvalue weighted by atomic mass is 10.2. The van der Waals surface area contributed by atoms with Gasteiger partial charge in [0.05, 0.1) is 15.7 Å². The number of phenols is 1. The zero-order valence-electron chi connectivity index (χ0n) is 14.4. The minimum absolute atomic E-state index is 0.00962. The monoisotopic (exact) mass is 441 g/mol. The van der Waals surface area contributed by atoms with Crippen LogP contribution in [0.2, 0.25) is 10.0 Å². The van der Waals surface area contributed by atoms with E-state index >= 15 is 0 Å². The molecule has 1 aliphatic rings. The third kappa shape index (κ3) is 4.57. The lowest BCUT2D eigenvalue weighted by Crippen LogP contribution is -2.43. The van der Waals surface area contributed by atoms with Gasteiger partial charge in [-0.3, -0.25) is 14.5 Å². The van der Waals surface area contributed by atoms with E-state index in [0.29, 0.717) is 11.4 Å². The van der Waals surface area contributed by atoms with Gasteiger partial charge in [0, 0.05) is 19.2 Å². The van der Waals surface area contributed by atoms with Crippen molar-refractivity contribution in [2.75, 3.05) is 12.4 Å². The summed E-state index contributed by atoms with van der Waals surface area (Å²) < 4.78 is 13.0. The fourth-order valence-electron chi connectivity index (χ4n) is 2.38. The molecule has 1 unspecified atom stereocenters. The van der Waals surface area contributed by atoms with Crippen LogP contribution in [-0.2, 0) is 9.59 Å². The van der Waals surface area contributed by atoms with Gasteiger partial charge in [-0.25, -0.2) is 9.38 Å². The summed E-state index contributed by atoms with van der Waals surface area (Å²) >= 11 is 12.9. The molecule has 2 N–H and O–H groups in total. The highest BCUT2D eigenvalue weighted by Gasteiger charge is 2.34. The average molecular weight is 442 g/mol. The van der Waals surface area contributed by atoms with E-state index in [1.165, 1.54) is 41.3 Å². The Morgan fingerprint density at radius 2 is 1.89 bits per heavy atom. The van der Waals surface area contributed by atoms with Crippen LogP contribution >= 0.6 is 35.0 Å². The average Bonchev–Trinajstić information content (AvgIpc) is 2.65. The largest absolute Gasteiger partial charge is 0.505 e. The number of amides is 2. The van der Waals surface area contributed by atoms with Gasteiger partial charge in [-0.1, -0.05) is 35.0 Å². The highest BCUT2D eigenvalue weighted by molar-refractivity contribution is 8.15. The van der Waals surface area contributed by atoms with E-state index in [1.54, 1.807) is 7.05 Å². The number of aromatic hydroxyl groups is 1. The quantitative estimate of drug-likeness (QED) is 0.737. The van der Waals surface area contributed by atoms with Gasteiger partial charge in [-0.15, -0.1) is 0 Å². The predicted molar refractivity (Wildman–Crippen MR) is 109 cm³/mol. The van der Waals surface area contributed by atoms with Crippen LogP contribution in [0.25, 0.3) is 0 Å². The summed E-state index contributed by atoms with van der Waals surface area (Å²) in [5.41, 5.74) is 0.753. The van der Waals surface area contributed by atoms with Gasteiger partial charge in [0.2, 0.25) is 11.8 Å². The van der Waals surface area contributed by atoms with Gasteiger partial charge >= 0.3 is 0 Å². The third-order valence-electron chi connectivity index (χ3n) is 3.90. The first-order chi connectivity index (χ1) is 13.2. The lowest BCUT2D eigenvalue weighted by Gasteiger charge is -2.28. The summed E-state index contributed by atoms with van der Waals surface area (Å²) in [4.78, 5) is 30.5. The molecule has 10 heteroatoms. The van der Waals surface area contributed by atoms with Crippen molar-refractivity contribution in [2.24, 2.45) is 4.99 Å². The molecule has 28 heavy (non-hydrogen) atoms. The van der Waals surface area contributed by atoms with Crippen LogP contribution in [0.5, 0.6) is 5.75 Å². The molecule has 1 fully saturated rings. The smallest absolute Gasteiger partial charge is 0.238 e. The number of benzene rings is 2. The van der Waals surface area contributed by atoms with E-state index in [0.717, 1.165) is 11.8 Å². The number of hydrogen-bond donors (Lipinski definition) is 2. The van der Waals surface area contributed by atoms with Crippen LogP contribution in [-0.4, -0.2) is 39.3 Å². The molecule has 2 aromatic carbocycles. The van der Waals surface area contributed by atoms with Gasteiger partial charge in [-0.2, -0.15) is 0 Å². The second-order valence-electron chi connectivity index (χ2n) is 5.91. The van der Waals surface area contributed by atoms with E-state index in [2.05, 4.69) is 10.3 Å². The molecular formula is C18H14Cl2FN3O3S. The molecule has 146 valence electrons. The highest BCUT2D eigenvalue weighted by Crippen LogP contribution is 2.37. The molecular weight excluding hydrogens is 428 g/mol. The number of carbonyl (C=O) groups is 2. The van der Waals surface area contributed by atoms with E-state index in [4.69, 9.17) is 23.2 Å². The van der Waals surface area contributed by atoms with Crippen molar-refractivity contribution in [3.63, 3.8) is 0 Å². The Morgan fingerprint density at radius 1 is 1.29 bits per heavy atom. The van der Waals surface area contributed by atoms with Crippen molar-refractivity contribution in [3.05, 3.63) is 52.3 Å². The first kappa shape index (κ1) is 20.4. The lowest BCUT2D eigenvalue weighted by molar-refractivity contribution is -0.128. The minimum Gasteiger partial charge on any atom is -0.505 e. The molecule has 3 rings (SSSR count). The Bertz CT molecular complexity index is 946. The fraction of sp³-hybridized carbons (Fsp3) is 0.167. The maximum atomic E-state index is 13.0. The molecule has 0 saturated carbocycles. The van der Waals surface area contributed by atoms with Crippen LogP contribution in [0.15, 0.2) is 41.4 Å². The minimum atomic E-state index is -0.712. The Morgan fingerprint density at radius 3 is 2.50 bits per heavy atom. The molecule has 0 radical (unpaired) electrons. The first-order valence-electron chi connectivity index (χ1n) is 8.01. The number of hydrogen-bond acceptors (Lipinski definition) is 5. The summed E-state index contributed by atoms with van der Waals surface area (Å²) in [6.45, 7) is 0. The van der Waals surface area contributed by atoms with Gasteiger partial charge in [0.1, 0.15) is 11.1 Å². The number of halogens is 3. The van der Waals surface area contributed by atoms with Crippen molar-refractivity contribution in [1.29, 1.82) is 0 Å². The molecule has 2 amide bonds. The van der Waals surface area contributed by atoms with E-state index < -0.39 is 17.0 Å². The van der Waals surface area contributed by atoms with Crippen LogP contribution in [0.1, 0.15) is 6.42 Å². The van der Waals surface area contributed by atoms with Gasteiger partial charge in [0.25, 0.3) is 0 Å². The highest BCUT2D eigenvalue weighted by atomic mass is 35.5. The molecule has 0 aliphatic carbocycles. The summed E-state index contributed by atoms with van der Waals surface area (Å²) in [5.74, 6) is -1.35. The molecule has 2 aromatic rings. The van der Waals surface area contributed by atoms with Crippen molar-refractivity contribution < 1.29 is 19.1 Å². The first-order valence-corrected chi connectivity index (χ1v) is 9.64. The van der Waals surface area contributed by atoms with Gasteiger partial charge in [-0.05, 0) is 36.4 Å². The molecule has 6 nitrogen and oxygen atoms in total. The fourth-order valence-corrected chi connectivity index (χ4v) is 3.92. The van der Waals surface area contributed by atoms with Gasteiger partial charge < -0.3 is 10.4 Å². The maximum absolute atomic E-state index is 13.0. The molecule has 0 spiro atoms. The zero-order chi connectivity index (χ0) is 20.4. The summed E-state index contributed by atoms with van der Waals surface area (Å²) in [7, 11) is 1.55. The second kappa shape index (κ2) is 8.38. The van der Waals surface area contributed by atoms with Crippen LogP contribution in [0.4, 0.5) is 15.8 Å². The standard InChI is InChI=1S/C18H14Cl2FN3O3S/c1-24-15(25)8-14(17(27)22-10-4-2-9(21)3-5-10)28-18(24)23-11-6-12(19)16(26)13(20)7-11/h2-7,14,26H,8H2,1H3,(H,22,27). The van der Waals surface area contributed by atoms with Crippen molar-refractivity contribution >= 4 is 63.3 Å². The number of thioether (sulfide) groups is 1.